The topological polar surface area (TPSA) is 81.8 Å². The van der Waals surface area contributed by atoms with Crippen molar-refractivity contribution in [2.75, 3.05) is 13.2 Å². The van der Waals surface area contributed by atoms with Crippen LogP contribution >= 0.6 is 0 Å². The van der Waals surface area contributed by atoms with E-state index in [0.29, 0.717) is 24.7 Å². The number of rotatable bonds is 7. The normalized spacial score (nSPS) is 11.9. The van der Waals surface area contributed by atoms with E-state index in [0.717, 1.165) is 5.56 Å². The molecule has 0 radical (unpaired) electrons. The number of aliphatic carboxylic acids is 1. The molecule has 0 saturated carbocycles. The second kappa shape index (κ2) is 6.86. The molecule has 0 unspecified atom stereocenters. The van der Waals surface area contributed by atoms with Gasteiger partial charge in [-0.05, 0) is 38.0 Å². The molecule has 5 nitrogen and oxygen atoms in total. The maximum atomic E-state index is 10.7. The molecule has 0 aliphatic heterocycles. The number of nitrogens with two attached hydrogens (primary N) is 1. The zero-order valence-corrected chi connectivity index (χ0v) is 10.7. The summed E-state index contributed by atoms with van der Waals surface area (Å²) in [6.07, 6.45) is 0.266. The number of hydrogen-bond acceptors (Lipinski definition) is 4. The van der Waals surface area contributed by atoms with E-state index in [9.17, 15) is 4.79 Å². The molecule has 1 atom stereocenters. The van der Waals surface area contributed by atoms with Gasteiger partial charge in [0, 0.05) is 0 Å². The van der Waals surface area contributed by atoms with Gasteiger partial charge in [0.2, 0.25) is 0 Å². The average molecular weight is 253 g/mol. The van der Waals surface area contributed by atoms with Gasteiger partial charge in [0.1, 0.15) is 6.04 Å². The summed E-state index contributed by atoms with van der Waals surface area (Å²) >= 11 is 0. The molecule has 0 aromatic heterocycles. The lowest BCUT2D eigenvalue weighted by Gasteiger charge is -2.13. The summed E-state index contributed by atoms with van der Waals surface area (Å²) < 4.78 is 10.9. The van der Waals surface area contributed by atoms with Gasteiger partial charge >= 0.3 is 5.97 Å². The van der Waals surface area contributed by atoms with E-state index in [1.54, 1.807) is 18.2 Å². The van der Waals surface area contributed by atoms with E-state index < -0.39 is 12.0 Å². The average Bonchev–Trinajstić information content (AvgIpc) is 2.33. The molecule has 0 fully saturated rings. The molecule has 100 valence electrons. The summed E-state index contributed by atoms with van der Waals surface area (Å²) in [5, 5.41) is 8.77. The van der Waals surface area contributed by atoms with Crippen LogP contribution in [0.2, 0.25) is 0 Å². The van der Waals surface area contributed by atoms with Crippen molar-refractivity contribution in [3.8, 4) is 11.5 Å². The van der Waals surface area contributed by atoms with Gasteiger partial charge in [0.05, 0.1) is 13.2 Å². The Morgan fingerprint density at radius 1 is 1.28 bits per heavy atom. The summed E-state index contributed by atoms with van der Waals surface area (Å²) in [5.41, 5.74) is 6.31. The monoisotopic (exact) mass is 253 g/mol. The number of carbonyl (C=O) groups is 1. The zero-order valence-electron chi connectivity index (χ0n) is 10.7. The molecule has 0 aliphatic carbocycles. The van der Waals surface area contributed by atoms with E-state index in [2.05, 4.69) is 0 Å². The Kier molecular flexibility index (Phi) is 5.45. The van der Waals surface area contributed by atoms with Crippen LogP contribution in [0.3, 0.4) is 0 Å². The summed E-state index contributed by atoms with van der Waals surface area (Å²) in [6, 6.07) is 4.45. The highest BCUT2D eigenvalue weighted by atomic mass is 16.5. The SMILES string of the molecule is CCOc1ccc(C[C@H](N)C(=O)O)cc1OCC. The van der Waals surface area contributed by atoms with Crippen molar-refractivity contribution in [1.82, 2.24) is 0 Å². The summed E-state index contributed by atoms with van der Waals surface area (Å²) in [4.78, 5) is 10.7. The molecule has 0 saturated heterocycles. The van der Waals surface area contributed by atoms with Gasteiger partial charge in [-0.25, -0.2) is 0 Å². The Bertz CT molecular complexity index is 406. The first-order chi connectivity index (χ1) is 8.58. The van der Waals surface area contributed by atoms with Crippen molar-refractivity contribution in [3.05, 3.63) is 23.8 Å². The fourth-order valence-corrected chi connectivity index (χ4v) is 1.56. The standard InChI is InChI=1S/C13H19NO4/c1-3-17-11-6-5-9(7-10(14)13(15)16)8-12(11)18-4-2/h5-6,8,10H,3-4,7,14H2,1-2H3,(H,15,16)/t10-/m0/s1. The second-order valence-corrected chi connectivity index (χ2v) is 3.80. The molecular formula is C13H19NO4. The first-order valence-corrected chi connectivity index (χ1v) is 5.95. The zero-order chi connectivity index (χ0) is 13.5. The minimum atomic E-state index is -1.01. The predicted octanol–water partition coefficient (Wildman–Crippen LogP) is 1.44. The second-order valence-electron chi connectivity index (χ2n) is 3.80. The van der Waals surface area contributed by atoms with Gasteiger partial charge in [-0.2, -0.15) is 0 Å². The third-order valence-electron chi connectivity index (χ3n) is 2.38. The quantitative estimate of drug-likeness (QED) is 0.768. The van der Waals surface area contributed by atoms with Gasteiger partial charge in [-0.1, -0.05) is 6.07 Å². The van der Waals surface area contributed by atoms with Gasteiger partial charge in [-0.3, -0.25) is 4.79 Å². The van der Waals surface area contributed by atoms with Crippen molar-refractivity contribution < 1.29 is 19.4 Å². The van der Waals surface area contributed by atoms with Gasteiger partial charge < -0.3 is 20.3 Å². The highest BCUT2D eigenvalue weighted by Gasteiger charge is 2.14. The van der Waals surface area contributed by atoms with Crippen molar-refractivity contribution >= 4 is 5.97 Å². The van der Waals surface area contributed by atoms with E-state index in [1.807, 2.05) is 13.8 Å². The maximum Gasteiger partial charge on any atom is 0.320 e. The van der Waals surface area contributed by atoms with E-state index in [4.69, 9.17) is 20.3 Å². The Labute approximate surface area is 107 Å². The summed E-state index contributed by atoms with van der Waals surface area (Å²) in [5.74, 6) is 0.267. The molecule has 0 bridgehead atoms. The minimum absolute atomic E-state index is 0.266. The predicted molar refractivity (Wildman–Crippen MR) is 68.1 cm³/mol. The Hall–Kier alpha value is -1.75. The van der Waals surface area contributed by atoms with Crippen LogP contribution < -0.4 is 15.2 Å². The Morgan fingerprint density at radius 2 is 1.89 bits per heavy atom. The van der Waals surface area contributed by atoms with Crippen molar-refractivity contribution in [1.29, 1.82) is 0 Å². The fraction of sp³-hybridized carbons (Fsp3) is 0.462. The van der Waals surface area contributed by atoms with Crippen LogP contribution in [0.15, 0.2) is 18.2 Å². The molecule has 3 N–H and O–H groups in total. The van der Waals surface area contributed by atoms with Crippen LogP contribution in [0, 0.1) is 0 Å². The highest BCUT2D eigenvalue weighted by molar-refractivity contribution is 5.73. The summed E-state index contributed by atoms with van der Waals surface area (Å²) in [7, 11) is 0. The molecule has 0 aliphatic rings. The first kappa shape index (κ1) is 14.3. The van der Waals surface area contributed by atoms with Gasteiger partial charge in [0.15, 0.2) is 11.5 Å². The Balaban J connectivity index is 2.88. The van der Waals surface area contributed by atoms with Crippen molar-refractivity contribution in [3.63, 3.8) is 0 Å². The lowest BCUT2D eigenvalue weighted by molar-refractivity contribution is -0.138. The van der Waals surface area contributed by atoms with Crippen LogP contribution in [-0.2, 0) is 11.2 Å². The van der Waals surface area contributed by atoms with E-state index >= 15 is 0 Å². The highest BCUT2D eigenvalue weighted by Crippen LogP contribution is 2.28. The number of carboxylic acids is 1. The van der Waals surface area contributed by atoms with Gasteiger partial charge in [0.25, 0.3) is 0 Å². The number of ether oxygens (including phenoxy) is 2. The van der Waals surface area contributed by atoms with Crippen LogP contribution in [0.25, 0.3) is 0 Å². The molecule has 0 amide bonds. The molecule has 1 aromatic carbocycles. The number of benzene rings is 1. The third-order valence-corrected chi connectivity index (χ3v) is 2.38. The van der Waals surface area contributed by atoms with E-state index in [1.165, 1.54) is 0 Å². The largest absolute Gasteiger partial charge is 0.490 e. The fourth-order valence-electron chi connectivity index (χ4n) is 1.56. The minimum Gasteiger partial charge on any atom is -0.490 e. The number of carboxylic acid groups (broad SMARTS) is 1. The molecule has 0 spiro atoms. The van der Waals surface area contributed by atoms with Gasteiger partial charge in [-0.15, -0.1) is 0 Å². The van der Waals surface area contributed by atoms with E-state index in [-0.39, 0.29) is 6.42 Å². The van der Waals surface area contributed by atoms with Crippen molar-refractivity contribution in [2.45, 2.75) is 26.3 Å². The first-order valence-electron chi connectivity index (χ1n) is 5.95. The molecule has 18 heavy (non-hydrogen) atoms. The number of hydrogen-bond donors (Lipinski definition) is 2. The molecule has 0 heterocycles. The third kappa shape index (κ3) is 3.92. The molecule has 1 aromatic rings. The molecule has 5 heteroatoms. The lowest BCUT2D eigenvalue weighted by atomic mass is 10.1. The van der Waals surface area contributed by atoms with Crippen LogP contribution in [0.5, 0.6) is 11.5 Å². The Morgan fingerprint density at radius 3 is 2.44 bits per heavy atom. The van der Waals surface area contributed by atoms with Crippen LogP contribution in [0.1, 0.15) is 19.4 Å². The maximum absolute atomic E-state index is 10.7. The van der Waals surface area contributed by atoms with Crippen molar-refractivity contribution in [2.24, 2.45) is 5.73 Å². The van der Waals surface area contributed by atoms with Crippen LogP contribution in [-0.4, -0.2) is 30.3 Å². The lowest BCUT2D eigenvalue weighted by Crippen LogP contribution is -2.32. The molecular weight excluding hydrogens is 234 g/mol. The smallest absolute Gasteiger partial charge is 0.320 e. The molecule has 1 rings (SSSR count). The van der Waals surface area contributed by atoms with Crippen LogP contribution in [0.4, 0.5) is 0 Å². The summed E-state index contributed by atoms with van der Waals surface area (Å²) in [6.45, 7) is 4.85.